The molecule has 1 heterocycles. The van der Waals surface area contributed by atoms with E-state index in [-0.39, 0.29) is 12.5 Å². The Labute approximate surface area is 155 Å². The summed E-state index contributed by atoms with van der Waals surface area (Å²) in [5.74, 6) is -1.59. The fraction of sp³-hybridized carbons (Fsp3) is 0.333. The van der Waals surface area contributed by atoms with E-state index >= 15 is 0 Å². The molecule has 1 aromatic carbocycles. The highest BCUT2D eigenvalue weighted by Crippen LogP contribution is 2.18. The molecule has 1 atom stereocenters. The van der Waals surface area contributed by atoms with Gasteiger partial charge in [0, 0.05) is 16.7 Å². The first kappa shape index (κ1) is 19.7. The Balaban J connectivity index is 2.16. The number of hydrogen-bond acceptors (Lipinski definition) is 4. The lowest BCUT2D eigenvalue weighted by atomic mass is 10.0. The number of hydrogen-bond donors (Lipinski definition) is 2. The van der Waals surface area contributed by atoms with Gasteiger partial charge in [-0.3, -0.25) is 9.59 Å². The molecule has 26 heavy (non-hydrogen) atoms. The monoisotopic (exact) mass is 377 g/mol. The number of carbonyl (C=O) groups is 2. The second kappa shape index (κ2) is 8.62. The van der Waals surface area contributed by atoms with E-state index < -0.39 is 23.5 Å². The van der Waals surface area contributed by atoms with Gasteiger partial charge in [0.25, 0.3) is 5.56 Å². The van der Waals surface area contributed by atoms with Crippen LogP contribution in [0, 0.1) is 5.92 Å². The number of amides is 1. The van der Waals surface area contributed by atoms with Crippen molar-refractivity contribution >= 4 is 23.5 Å². The lowest BCUT2D eigenvalue weighted by Crippen LogP contribution is -2.44. The molecule has 2 rings (SSSR count). The lowest BCUT2D eigenvalue weighted by Gasteiger charge is -2.16. The number of benzene rings is 1. The Bertz CT molecular complexity index is 846. The molecular formula is C18H20ClN3O4. The molecule has 0 unspecified atom stereocenters. The minimum Gasteiger partial charge on any atom is -0.480 e. The van der Waals surface area contributed by atoms with Crippen molar-refractivity contribution in [3.8, 4) is 11.3 Å². The van der Waals surface area contributed by atoms with Crippen molar-refractivity contribution < 1.29 is 14.7 Å². The van der Waals surface area contributed by atoms with Crippen LogP contribution in [-0.4, -0.2) is 32.8 Å². The Kier molecular flexibility index (Phi) is 6.52. The highest BCUT2D eigenvalue weighted by atomic mass is 35.5. The highest BCUT2D eigenvalue weighted by molar-refractivity contribution is 6.30. The Hall–Kier alpha value is -2.67. The molecule has 1 amide bonds. The van der Waals surface area contributed by atoms with Crippen molar-refractivity contribution in [1.82, 2.24) is 15.1 Å². The van der Waals surface area contributed by atoms with Gasteiger partial charge in [-0.15, -0.1) is 0 Å². The molecule has 2 N–H and O–H groups in total. The average molecular weight is 378 g/mol. The van der Waals surface area contributed by atoms with Gasteiger partial charge >= 0.3 is 5.97 Å². The zero-order valence-electron chi connectivity index (χ0n) is 14.5. The smallest absolute Gasteiger partial charge is 0.326 e. The van der Waals surface area contributed by atoms with Gasteiger partial charge in [0.05, 0.1) is 5.69 Å². The van der Waals surface area contributed by atoms with E-state index in [1.54, 1.807) is 30.3 Å². The number of halogens is 1. The summed E-state index contributed by atoms with van der Waals surface area (Å²) in [7, 11) is 0. The van der Waals surface area contributed by atoms with Gasteiger partial charge in [-0.1, -0.05) is 37.6 Å². The molecule has 8 heteroatoms. The fourth-order valence-corrected chi connectivity index (χ4v) is 2.53. The Morgan fingerprint density at radius 2 is 1.85 bits per heavy atom. The minimum atomic E-state index is -1.11. The largest absolute Gasteiger partial charge is 0.480 e. The van der Waals surface area contributed by atoms with Crippen molar-refractivity contribution in [2.45, 2.75) is 32.9 Å². The van der Waals surface area contributed by atoms with Gasteiger partial charge in [-0.05, 0) is 30.5 Å². The number of aromatic nitrogens is 2. The number of carboxylic acid groups (broad SMARTS) is 1. The predicted molar refractivity (Wildman–Crippen MR) is 98.0 cm³/mol. The molecule has 7 nitrogen and oxygen atoms in total. The van der Waals surface area contributed by atoms with Crippen LogP contribution in [0.15, 0.2) is 41.2 Å². The van der Waals surface area contributed by atoms with Gasteiger partial charge in [0.15, 0.2) is 0 Å². The van der Waals surface area contributed by atoms with Crippen LogP contribution < -0.4 is 10.9 Å². The van der Waals surface area contributed by atoms with E-state index in [2.05, 4.69) is 10.4 Å². The fourth-order valence-electron chi connectivity index (χ4n) is 2.41. The third-order valence-corrected chi connectivity index (χ3v) is 3.89. The zero-order chi connectivity index (χ0) is 19.3. The molecule has 0 aliphatic rings. The topological polar surface area (TPSA) is 101 Å². The molecule has 0 bridgehead atoms. The molecule has 2 aromatic rings. The van der Waals surface area contributed by atoms with Crippen molar-refractivity contribution in [2.24, 2.45) is 5.92 Å². The van der Waals surface area contributed by atoms with Gasteiger partial charge in [-0.25, -0.2) is 9.48 Å². The lowest BCUT2D eigenvalue weighted by molar-refractivity contribution is -0.142. The maximum atomic E-state index is 12.2. The third-order valence-electron chi connectivity index (χ3n) is 3.64. The predicted octanol–water partition coefficient (Wildman–Crippen LogP) is 2.18. The van der Waals surface area contributed by atoms with Crippen LogP contribution in [0.2, 0.25) is 5.02 Å². The minimum absolute atomic E-state index is 0.102. The van der Waals surface area contributed by atoms with Crippen LogP contribution in [0.25, 0.3) is 11.3 Å². The first-order valence-corrected chi connectivity index (χ1v) is 8.50. The van der Waals surface area contributed by atoms with E-state index in [1.807, 2.05) is 13.8 Å². The first-order valence-electron chi connectivity index (χ1n) is 8.12. The standard InChI is InChI=1S/C18H20ClN3O4/c1-11(2)9-15(18(25)26)20-16(23)10-22-17(24)8-7-14(21-22)12-3-5-13(19)6-4-12/h3-8,11,15H,9-10H2,1-2H3,(H,20,23)(H,25,26)/t15-/m0/s1. The van der Waals surface area contributed by atoms with Crippen molar-refractivity contribution in [3.05, 3.63) is 51.8 Å². The van der Waals surface area contributed by atoms with Crippen molar-refractivity contribution in [1.29, 1.82) is 0 Å². The quantitative estimate of drug-likeness (QED) is 0.770. The van der Waals surface area contributed by atoms with E-state index in [1.165, 1.54) is 6.07 Å². The molecule has 0 radical (unpaired) electrons. The van der Waals surface area contributed by atoms with Crippen LogP contribution in [0.4, 0.5) is 0 Å². The normalized spacial score (nSPS) is 12.0. The van der Waals surface area contributed by atoms with Crippen LogP contribution in [-0.2, 0) is 16.1 Å². The molecule has 0 aliphatic heterocycles. The number of nitrogens with one attached hydrogen (secondary N) is 1. The number of nitrogens with zero attached hydrogens (tertiary/aromatic N) is 2. The van der Waals surface area contributed by atoms with Gasteiger partial charge < -0.3 is 10.4 Å². The summed E-state index contributed by atoms with van der Waals surface area (Å²) >= 11 is 5.86. The van der Waals surface area contributed by atoms with Crippen LogP contribution in [0.5, 0.6) is 0 Å². The summed E-state index contributed by atoms with van der Waals surface area (Å²) in [6, 6.07) is 8.77. The molecule has 0 aliphatic carbocycles. The molecule has 0 saturated heterocycles. The first-order chi connectivity index (χ1) is 12.3. The summed E-state index contributed by atoms with van der Waals surface area (Å²) in [4.78, 5) is 35.4. The van der Waals surface area contributed by atoms with E-state index in [9.17, 15) is 19.5 Å². The van der Waals surface area contributed by atoms with Gasteiger partial charge in [-0.2, -0.15) is 5.10 Å². The number of aliphatic carboxylic acids is 1. The van der Waals surface area contributed by atoms with Crippen LogP contribution in [0.3, 0.4) is 0 Å². The summed E-state index contributed by atoms with van der Waals surface area (Å²) in [6.45, 7) is 3.37. The second-order valence-electron chi connectivity index (χ2n) is 6.31. The molecule has 1 aromatic heterocycles. The summed E-state index contributed by atoms with van der Waals surface area (Å²) < 4.78 is 1.01. The highest BCUT2D eigenvalue weighted by Gasteiger charge is 2.21. The van der Waals surface area contributed by atoms with Gasteiger partial charge in [0.1, 0.15) is 12.6 Å². The van der Waals surface area contributed by atoms with Crippen molar-refractivity contribution in [2.75, 3.05) is 0 Å². The molecular weight excluding hydrogens is 358 g/mol. The summed E-state index contributed by atoms with van der Waals surface area (Å²) in [5.41, 5.74) is 0.798. The van der Waals surface area contributed by atoms with Crippen LogP contribution in [0.1, 0.15) is 20.3 Å². The Morgan fingerprint density at radius 1 is 1.19 bits per heavy atom. The van der Waals surface area contributed by atoms with Crippen LogP contribution >= 0.6 is 11.6 Å². The number of carboxylic acids is 1. The number of rotatable bonds is 7. The van der Waals surface area contributed by atoms with E-state index in [0.29, 0.717) is 17.1 Å². The van der Waals surface area contributed by atoms with Gasteiger partial charge in [0.2, 0.25) is 5.91 Å². The zero-order valence-corrected chi connectivity index (χ0v) is 15.2. The summed E-state index contributed by atoms with van der Waals surface area (Å²) in [5, 5.41) is 16.4. The molecule has 0 saturated carbocycles. The summed E-state index contributed by atoms with van der Waals surface area (Å²) in [6.07, 6.45) is 0.300. The third kappa shape index (κ3) is 5.42. The SMILES string of the molecule is CC(C)C[C@H](NC(=O)Cn1nc(-c2ccc(Cl)cc2)ccc1=O)C(=O)O. The Morgan fingerprint density at radius 3 is 2.42 bits per heavy atom. The maximum absolute atomic E-state index is 12.2. The number of carbonyl (C=O) groups excluding carboxylic acids is 1. The second-order valence-corrected chi connectivity index (χ2v) is 6.75. The van der Waals surface area contributed by atoms with Crippen molar-refractivity contribution in [3.63, 3.8) is 0 Å². The van der Waals surface area contributed by atoms with E-state index in [4.69, 9.17) is 11.6 Å². The molecule has 0 spiro atoms. The molecule has 0 fully saturated rings. The maximum Gasteiger partial charge on any atom is 0.326 e. The van der Waals surface area contributed by atoms with E-state index in [0.717, 1.165) is 10.2 Å². The molecule has 138 valence electrons. The average Bonchev–Trinajstić information content (AvgIpc) is 2.56.